The van der Waals surface area contributed by atoms with Crippen LogP contribution in [-0.4, -0.2) is 5.92 Å². The van der Waals surface area contributed by atoms with Crippen LogP contribution in [0.5, 0.6) is 0 Å². The molecule has 1 aromatic carbocycles. The molecule has 0 atom stereocenters. The molecule has 15 heavy (non-hydrogen) atoms. The van der Waals surface area contributed by atoms with Gasteiger partial charge in [-0.1, -0.05) is 36.2 Å². The molecule has 2 rings (SSSR count). The molecule has 1 aromatic rings. The third-order valence-electron chi connectivity index (χ3n) is 3.62. The van der Waals surface area contributed by atoms with Gasteiger partial charge in [-0.2, -0.15) is 0 Å². The van der Waals surface area contributed by atoms with Crippen molar-refractivity contribution in [2.75, 3.05) is 0 Å². The number of aryl methyl sites for hydroxylation is 1. The molecule has 0 aliphatic heterocycles. The highest BCUT2D eigenvalue weighted by Gasteiger charge is 2.54. The summed E-state index contributed by atoms with van der Waals surface area (Å²) in [4.78, 5) is 0. The molecule has 2 heteroatoms. The minimum Gasteiger partial charge on any atom is -0.206 e. The molecule has 0 heterocycles. The van der Waals surface area contributed by atoms with E-state index in [1.807, 2.05) is 31.2 Å². The maximum absolute atomic E-state index is 13.6. The standard InChI is InChI=1S/C13H16F2/c1-10-5-3-6-11(9-10)13(7-4-8-13)12(2,14)15/h3,5-6,9H,4,7-8H2,1-2H3. The Hall–Kier alpha value is -0.920. The van der Waals surface area contributed by atoms with E-state index < -0.39 is 11.3 Å². The minimum atomic E-state index is -2.61. The molecular weight excluding hydrogens is 194 g/mol. The summed E-state index contributed by atoms with van der Waals surface area (Å²) < 4.78 is 27.3. The van der Waals surface area contributed by atoms with Gasteiger partial charge in [0.25, 0.3) is 5.92 Å². The number of rotatable bonds is 2. The van der Waals surface area contributed by atoms with Crippen molar-refractivity contribution in [3.05, 3.63) is 35.4 Å². The molecule has 0 bridgehead atoms. The van der Waals surface area contributed by atoms with E-state index in [4.69, 9.17) is 0 Å². The highest BCUT2D eigenvalue weighted by molar-refractivity contribution is 5.34. The quantitative estimate of drug-likeness (QED) is 0.690. The molecule has 1 saturated carbocycles. The van der Waals surface area contributed by atoms with Crippen LogP contribution in [0.2, 0.25) is 0 Å². The third-order valence-corrected chi connectivity index (χ3v) is 3.62. The summed E-state index contributed by atoms with van der Waals surface area (Å²) in [7, 11) is 0. The van der Waals surface area contributed by atoms with E-state index in [0.717, 1.165) is 24.5 Å². The minimum absolute atomic E-state index is 0.611. The van der Waals surface area contributed by atoms with Crippen molar-refractivity contribution in [1.29, 1.82) is 0 Å². The van der Waals surface area contributed by atoms with Crippen LogP contribution in [0, 0.1) is 6.92 Å². The fourth-order valence-electron chi connectivity index (χ4n) is 2.45. The fourth-order valence-corrected chi connectivity index (χ4v) is 2.45. The van der Waals surface area contributed by atoms with E-state index in [1.54, 1.807) is 0 Å². The Labute approximate surface area is 89.3 Å². The lowest BCUT2D eigenvalue weighted by Crippen LogP contribution is -2.48. The first-order valence-electron chi connectivity index (χ1n) is 5.41. The lowest BCUT2D eigenvalue weighted by Gasteiger charge is -2.46. The Morgan fingerprint density at radius 1 is 1.27 bits per heavy atom. The molecule has 0 aromatic heterocycles. The zero-order valence-electron chi connectivity index (χ0n) is 9.19. The maximum atomic E-state index is 13.6. The number of benzene rings is 1. The lowest BCUT2D eigenvalue weighted by molar-refractivity contribution is -0.0969. The zero-order chi connectivity index (χ0) is 11.1. The van der Waals surface area contributed by atoms with Crippen LogP contribution in [-0.2, 0) is 5.41 Å². The van der Waals surface area contributed by atoms with Gasteiger partial charge in [-0.25, -0.2) is 8.78 Å². The Kier molecular flexibility index (Phi) is 2.32. The van der Waals surface area contributed by atoms with Gasteiger partial charge in [0.1, 0.15) is 0 Å². The van der Waals surface area contributed by atoms with Gasteiger partial charge in [0.05, 0.1) is 5.41 Å². The largest absolute Gasteiger partial charge is 0.254 e. The van der Waals surface area contributed by atoms with Crippen LogP contribution >= 0.6 is 0 Å². The predicted molar refractivity (Wildman–Crippen MR) is 57.3 cm³/mol. The van der Waals surface area contributed by atoms with E-state index in [2.05, 4.69) is 0 Å². The first-order chi connectivity index (χ1) is 6.96. The first-order valence-corrected chi connectivity index (χ1v) is 5.41. The summed E-state index contributed by atoms with van der Waals surface area (Å²) in [5.41, 5.74) is 0.975. The van der Waals surface area contributed by atoms with Gasteiger partial charge in [0, 0.05) is 6.92 Å². The summed E-state index contributed by atoms with van der Waals surface area (Å²) in [6.45, 7) is 3.00. The first kappa shape index (κ1) is 10.6. The van der Waals surface area contributed by atoms with Crippen LogP contribution < -0.4 is 0 Å². The summed E-state index contributed by atoms with van der Waals surface area (Å²) in [5.74, 6) is -2.61. The number of hydrogen-bond donors (Lipinski definition) is 0. The van der Waals surface area contributed by atoms with Gasteiger partial charge in [0.15, 0.2) is 0 Å². The number of alkyl halides is 2. The highest BCUT2D eigenvalue weighted by atomic mass is 19.3. The van der Waals surface area contributed by atoms with Gasteiger partial charge >= 0.3 is 0 Å². The van der Waals surface area contributed by atoms with Crippen molar-refractivity contribution in [1.82, 2.24) is 0 Å². The Morgan fingerprint density at radius 2 is 1.93 bits per heavy atom. The van der Waals surface area contributed by atoms with Crippen molar-refractivity contribution >= 4 is 0 Å². The van der Waals surface area contributed by atoms with Crippen LogP contribution in [0.15, 0.2) is 24.3 Å². The molecule has 1 aliphatic carbocycles. The Bertz CT molecular complexity index is 359. The SMILES string of the molecule is Cc1cccc(C2(C(C)(F)F)CCC2)c1. The average Bonchev–Trinajstić information content (AvgIpc) is 1.98. The molecule has 0 radical (unpaired) electrons. The molecule has 82 valence electrons. The van der Waals surface area contributed by atoms with Crippen molar-refractivity contribution in [2.24, 2.45) is 0 Å². The molecule has 1 fully saturated rings. The highest BCUT2D eigenvalue weighted by Crippen LogP contribution is 2.53. The second-order valence-electron chi connectivity index (χ2n) is 4.69. The molecule has 0 spiro atoms. The van der Waals surface area contributed by atoms with E-state index in [-0.39, 0.29) is 0 Å². The predicted octanol–water partition coefficient (Wildman–Crippen LogP) is 4.07. The smallest absolute Gasteiger partial charge is 0.206 e. The second kappa shape index (κ2) is 3.29. The van der Waals surface area contributed by atoms with Gasteiger partial charge < -0.3 is 0 Å². The van der Waals surface area contributed by atoms with Crippen molar-refractivity contribution < 1.29 is 8.78 Å². The fraction of sp³-hybridized carbons (Fsp3) is 0.538. The molecule has 0 saturated heterocycles. The molecule has 0 unspecified atom stereocenters. The third kappa shape index (κ3) is 1.56. The van der Waals surface area contributed by atoms with Crippen LogP contribution in [0.3, 0.4) is 0 Å². The summed E-state index contributed by atoms with van der Waals surface area (Å²) in [6, 6.07) is 7.56. The van der Waals surface area contributed by atoms with Gasteiger partial charge in [-0.15, -0.1) is 0 Å². The molecule has 0 N–H and O–H groups in total. The van der Waals surface area contributed by atoms with E-state index in [0.29, 0.717) is 12.8 Å². The second-order valence-corrected chi connectivity index (χ2v) is 4.69. The maximum Gasteiger partial charge on any atom is 0.254 e. The molecule has 0 amide bonds. The van der Waals surface area contributed by atoms with Crippen LogP contribution in [0.25, 0.3) is 0 Å². The Morgan fingerprint density at radius 3 is 2.33 bits per heavy atom. The Balaban J connectivity index is 2.43. The van der Waals surface area contributed by atoms with Gasteiger partial charge in [0.2, 0.25) is 0 Å². The molecule has 1 aliphatic rings. The normalized spacial score (nSPS) is 19.7. The average molecular weight is 210 g/mol. The molecular formula is C13H16F2. The van der Waals surface area contributed by atoms with Crippen molar-refractivity contribution in [3.8, 4) is 0 Å². The number of hydrogen-bond acceptors (Lipinski definition) is 0. The van der Waals surface area contributed by atoms with Crippen molar-refractivity contribution in [3.63, 3.8) is 0 Å². The monoisotopic (exact) mass is 210 g/mol. The summed E-state index contributed by atoms with van der Waals surface area (Å²) >= 11 is 0. The topological polar surface area (TPSA) is 0 Å². The van der Waals surface area contributed by atoms with Gasteiger partial charge in [-0.3, -0.25) is 0 Å². The lowest BCUT2D eigenvalue weighted by atomic mass is 9.61. The number of halogens is 2. The van der Waals surface area contributed by atoms with Gasteiger partial charge in [-0.05, 0) is 25.3 Å². The van der Waals surface area contributed by atoms with Crippen LogP contribution in [0.1, 0.15) is 37.3 Å². The van der Waals surface area contributed by atoms with E-state index >= 15 is 0 Å². The zero-order valence-corrected chi connectivity index (χ0v) is 9.19. The van der Waals surface area contributed by atoms with Crippen molar-refractivity contribution in [2.45, 2.75) is 44.4 Å². The van der Waals surface area contributed by atoms with E-state index in [9.17, 15) is 8.78 Å². The molecule has 0 nitrogen and oxygen atoms in total. The summed E-state index contributed by atoms with van der Waals surface area (Å²) in [6.07, 6.45) is 2.14. The van der Waals surface area contributed by atoms with Crippen LogP contribution in [0.4, 0.5) is 8.78 Å². The van der Waals surface area contributed by atoms with E-state index in [1.165, 1.54) is 0 Å². The summed E-state index contributed by atoms with van der Waals surface area (Å²) in [5, 5.41) is 0.